The van der Waals surface area contributed by atoms with Crippen molar-refractivity contribution in [2.45, 2.75) is 45.8 Å². The smallest absolute Gasteiger partial charge is 0.222 e. The number of carbonyl (C=O) groups is 1. The third-order valence-electron chi connectivity index (χ3n) is 2.97. The summed E-state index contributed by atoms with van der Waals surface area (Å²) in [4.78, 5) is 13.8. The molecule has 1 heterocycles. The van der Waals surface area contributed by atoms with Crippen LogP contribution in [0.4, 0.5) is 0 Å². The van der Waals surface area contributed by atoms with Crippen molar-refractivity contribution in [1.29, 1.82) is 0 Å². The summed E-state index contributed by atoms with van der Waals surface area (Å²) in [6.07, 6.45) is 1.60. The molecule has 1 rings (SSSR count). The molecule has 0 radical (unpaired) electrons. The van der Waals surface area contributed by atoms with Gasteiger partial charge in [0.1, 0.15) is 0 Å². The van der Waals surface area contributed by atoms with Gasteiger partial charge < -0.3 is 15.4 Å². The molecule has 1 saturated heterocycles. The molecule has 4 heteroatoms. The Labute approximate surface area is 98.1 Å². The third kappa shape index (κ3) is 4.10. The van der Waals surface area contributed by atoms with Crippen molar-refractivity contribution < 1.29 is 9.53 Å². The van der Waals surface area contributed by atoms with Crippen LogP contribution in [0.1, 0.15) is 33.6 Å². The van der Waals surface area contributed by atoms with Gasteiger partial charge >= 0.3 is 0 Å². The van der Waals surface area contributed by atoms with Gasteiger partial charge in [-0.15, -0.1) is 0 Å². The van der Waals surface area contributed by atoms with E-state index in [1.165, 1.54) is 0 Å². The van der Waals surface area contributed by atoms with Crippen molar-refractivity contribution in [3.63, 3.8) is 0 Å². The fraction of sp³-hybridized carbons (Fsp3) is 0.917. The number of morpholine rings is 1. The summed E-state index contributed by atoms with van der Waals surface area (Å²) in [7, 11) is 0. The van der Waals surface area contributed by atoms with Gasteiger partial charge in [-0.3, -0.25) is 4.79 Å². The number of nitrogens with zero attached hydrogens (tertiary/aromatic N) is 1. The average molecular weight is 228 g/mol. The van der Waals surface area contributed by atoms with E-state index in [2.05, 4.69) is 13.8 Å². The fourth-order valence-corrected chi connectivity index (χ4v) is 1.79. The van der Waals surface area contributed by atoms with Crippen molar-refractivity contribution in [2.24, 2.45) is 11.7 Å². The molecule has 0 aliphatic carbocycles. The Kier molecular flexibility index (Phi) is 5.22. The summed E-state index contributed by atoms with van der Waals surface area (Å²) in [6.45, 7) is 8.16. The molecule has 0 aromatic rings. The molecule has 0 aromatic carbocycles. The topological polar surface area (TPSA) is 55.6 Å². The molecule has 1 fully saturated rings. The quantitative estimate of drug-likeness (QED) is 0.781. The van der Waals surface area contributed by atoms with Crippen LogP contribution in [0.3, 0.4) is 0 Å². The number of ether oxygens (including phenoxy) is 1. The highest BCUT2D eigenvalue weighted by molar-refractivity contribution is 5.76. The number of carbonyl (C=O) groups excluding carboxylic acids is 1. The molecule has 2 atom stereocenters. The second kappa shape index (κ2) is 6.21. The molecule has 0 aromatic heterocycles. The summed E-state index contributed by atoms with van der Waals surface area (Å²) in [6, 6.07) is -0.0132. The predicted molar refractivity (Wildman–Crippen MR) is 64.0 cm³/mol. The zero-order valence-corrected chi connectivity index (χ0v) is 10.6. The Bertz CT molecular complexity index is 229. The highest BCUT2D eigenvalue weighted by Crippen LogP contribution is 2.11. The van der Waals surface area contributed by atoms with Gasteiger partial charge in [0.25, 0.3) is 0 Å². The number of hydrogen-bond donors (Lipinski definition) is 1. The minimum absolute atomic E-state index is 0.00301. The normalized spacial score (nSPS) is 23.6. The lowest BCUT2D eigenvalue weighted by Gasteiger charge is -2.34. The van der Waals surface area contributed by atoms with Crippen molar-refractivity contribution in [3.8, 4) is 0 Å². The average Bonchev–Trinajstić information content (AvgIpc) is 2.26. The molecule has 16 heavy (non-hydrogen) atoms. The first-order chi connectivity index (χ1) is 7.50. The van der Waals surface area contributed by atoms with Crippen LogP contribution in [0.15, 0.2) is 0 Å². The summed E-state index contributed by atoms with van der Waals surface area (Å²) >= 11 is 0. The lowest BCUT2D eigenvalue weighted by Crippen LogP contribution is -2.51. The Morgan fingerprint density at radius 3 is 2.75 bits per heavy atom. The Hall–Kier alpha value is -0.610. The monoisotopic (exact) mass is 228 g/mol. The highest BCUT2D eigenvalue weighted by atomic mass is 16.5. The van der Waals surface area contributed by atoms with Crippen LogP contribution >= 0.6 is 0 Å². The molecule has 4 nitrogen and oxygen atoms in total. The first kappa shape index (κ1) is 13.5. The summed E-state index contributed by atoms with van der Waals surface area (Å²) < 4.78 is 5.53. The van der Waals surface area contributed by atoms with Crippen molar-refractivity contribution in [3.05, 3.63) is 0 Å². The van der Waals surface area contributed by atoms with E-state index in [0.29, 0.717) is 32.0 Å². The standard InChI is InChI=1S/C12H24N2O2/c1-9(2)4-5-12(15)14-6-7-16-11(8-14)10(3)13/h9-11H,4-8,13H2,1-3H3. The van der Waals surface area contributed by atoms with Crippen LogP contribution in [0.2, 0.25) is 0 Å². The number of hydrogen-bond acceptors (Lipinski definition) is 3. The van der Waals surface area contributed by atoms with E-state index in [1.807, 2.05) is 11.8 Å². The van der Waals surface area contributed by atoms with Gasteiger partial charge in [0.2, 0.25) is 5.91 Å². The maximum atomic E-state index is 11.9. The molecule has 94 valence electrons. The first-order valence-electron chi connectivity index (χ1n) is 6.15. The summed E-state index contributed by atoms with van der Waals surface area (Å²) in [5.41, 5.74) is 5.79. The van der Waals surface area contributed by atoms with E-state index in [-0.39, 0.29) is 18.1 Å². The largest absolute Gasteiger partial charge is 0.373 e. The van der Waals surface area contributed by atoms with Crippen molar-refractivity contribution in [2.75, 3.05) is 19.7 Å². The summed E-state index contributed by atoms with van der Waals surface area (Å²) in [5, 5.41) is 0. The van der Waals surface area contributed by atoms with E-state index in [4.69, 9.17) is 10.5 Å². The predicted octanol–water partition coefficient (Wildman–Crippen LogP) is 0.997. The second-order valence-electron chi connectivity index (χ2n) is 5.04. The minimum atomic E-state index is -0.0132. The van der Waals surface area contributed by atoms with E-state index >= 15 is 0 Å². The van der Waals surface area contributed by atoms with Crippen LogP contribution in [0.5, 0.6) is 0 Å². The van der Waals surface area contributed by atoms with Crippen LogP contribution in [-0.4, -0.2) is 42.6 Å². The Balaban J connectivity index is 2.38. The van der Waals surface area contributed by atoms with Gasteiger partial charge in [-0.1, -0.05) is 13.8 Å². The van der Waals surface area contributed by atoms with Gasteiger partial charge in [0.15, 0.2) is 0 Å². The van der Waals surface area contributed by atoms with Crippen molar-refractivity contribution in [1.82, 2.24) is 4.90 Å². The Morgan fingerprint density at radius 1 is 1.50 bits per heavy atom. The lowest BCUT2D eigenvalue weighted by atomic mass is 10.1. The molecule has 2 N–H and O–H groups in total. The number of rotatable bonds is 4. The van der Waals surface area contributed by atoms with Crippen LogP contribution in [0.25, 0.3) is 0 Å². The fourth-order valence-electron chi connectivity index (χ4n) is 1.79. The maximum Gasteiger partial charge on any atom is 0.222 e. The van der Waals surface area contributed by atoms with E-state index in [1.54, 1.807) is 0 Å². The van der Waals surface area contributed by atoms with E-state index in [0.717, 1.165) is 6.42 Å². The first-order valence-corrected chi connectivity index (χ1v) is 6.15. The molecule has 0 spiro atoms. The highest BCUT2D eigenvalue weighted by Gasteiger charge is 2.26. The van der Waals surface area contributed by atoms with E-state index < -0.39 is 0 Å². The van der Waals surface area contributed by atoms with Gasteiger partial charge in [0.05, 0.1) is 12.7 Å². The molecule has 0 bridgehead atoms. The second-order valence-corrected chi connectivity index (χ2v) is 5.04. The Morgan fingerprint density at radius 2 is 2.19 bits per heavy atom. The zero-order chi connectivity index (χ0) is 12.1. The number of amides is 1. The van der Waals surface area contributed by atoms with Gasteiger partial charge in [-0.25, -0.2) is 0 Å². The molecular formula is C12H24N2O2. The molecule has 1 aliphatic rings. The molecule has 0 saturated carbocycles. The van der Waals surface area contributed by atoms with E-state index in [9.17, 15) is 4.79 Å². The third-order valence-corrected chi connectivity index (χ3v) is 2.97. The van der Waals surface area contributed by atoms with Gasteiger partial charge in [-0.05, 0) is 19.3 Å². The zero-order valence-electron chi connectivity index (χ0n) is 10.6. The van der Waals surface area contributed by atoms with Crippen LogP contribution < -0.4 is 5.73 Å². The maximum absolute atomic E-state index is 11.9. The molecule has 2 unspecified atom stereocenters. The van der Waals surface area contributed by atoms with Crippen LogP contribution in [0, 0.1) is 5.92 Å². The van der Waals surface area contributed by atoms with Crippen molar-refractivity contribution >= 4 is 5.91 Å². The lowest BCUT2D eigenvalue weighted by molar-refractivity contribution is -0.139. The van der Waals surface area contributed by atoms with Crippen LogP contribution in [-0.2, 0) is 9.53 Å². The molecule has 1 amide bonds. The molecular weight excluding hydrogens is 204 g/mol. The van der Waals surface area contributed by atoms with Gasteiger partial charge in [-0.2, -0.15) is 0 Å². The summed E-state index contributed by atoms with van der Waals surface area (Å²) in [5.74, 6) is 0.817. The van der Waals surface area contributed by atoms with Gasteiger partial charge in [0, 0.05) is 25.6 Å². The minimum Gasteiger partial charge on any atom is -0.373 e. The SMILES string of the molecule is CC(C)CCC(=O)N1CCOC(C(C)N)C1. The number of nitrogens with two attached hydrogens (primary N) is 1. The molecule has 1 aliphatic heterocycles.